The second-order valence-electron chi connectivity index (χ2n) is 5.10. The first kappa shape index (κ1) is 12.8. The predicted molar refractivity (Wildman–Crippen MR) is 78.4 cm³/mol. The van der Waals surface area contributed by atoms with E-state index in [1.807, 2.05) is 42.5 Å². The molecule has 20 heavy (non-hydrogen) atoms. The Morgan fingerprint density at radius 1 is 1.25 bits per heavy atom. The number of amides is 1. The van der Waals surface area contributed by atoms with Crippen molar-refractivity contribution < 1.29 is 4.79 Å². The van der Waals surface area contributed by atoms with Gasteiger partial charge in [-0.1, -0.05) is 24.3 Å². The first-order valence-corrected chi connectivity index (χ1v) is 6.78. The molecule has 1 aromatic heterocycles. The fourth-order valence-corrected chi connectivity index (χ4v) is 2.62. The summed E-state index contributed by atoms with van der Waals surface area (Å²) in [6.45, 7) is 0.572. The van der Waals surface area contributed by atoms with E-state index in [0.717, 1.165) is 23.4 Å². The molecular weight excluding hydrogens is 250 g/mol. The van der Waals surface area contributed by atoms with Gasteiger partial charge in [-0.15, -0.1) is 0 Å². The van der Waals surface area contributed by atoms with E-state index in [2.05, 4.69) is 4.98 Å². The summed E-state index contributed by atoms with van der Waals surface area (Å²) in [5, 5.41) is 0. The van der Waals surface area contributed by atoms with Gasteiger partial charge in [-0.2, -0.15) is 0 Å². The zero-order chi connectivity index (χ0) is 13.9. The number of para-hydroxylation sites is 1. The highest BCUT2D eigenvalue weighted by molar-refractivity contribution is 5.95. The Morgan fingerprint density at radius 2 is 2.05 bits per heavy atom. The summed E-state index contributed by atoms with van der Waals surface area (Å²) >= 11 is 0. The average molecular weight is 267 g/mol. The molecule has 0 aliphatic carbocycles. The van der Waals surface area contributed by atoms with Crippen LogP contribution in [0.4, 0.5) is 5.69 Å². The van der Waals surface area contributed by atoms with Crippen molar-refractivity contribution >= 4 is 11.6 Å². The highest BCUT2D eigenvalue weighted by Gasteiger charge is 2.26. The lowest BCUT2D eigenvalue weighted by Crippen LogP contribution is -2.46. The maximum atomic E-state index is 12.5. The van der Waals surface area contributed by atoms with E-state index in [-0.39, 0.29) is 11.9 Å². The summed E-state index contributed by atoms with van der Waals surface area (Å²) in [5.41, 5.74) is 8.97. The number of nitrogens with zero attached hydrogens (tertiary/aromatic N) is 2. The van der Waals surface area contributed by atoms with Gasteiger partial charge in [0, 0.05) is 30.2 Å². The fourth-order valence-electron chi connectivity index (χ4n) is 2.62. The maximum Gasteiger partial charge on any atom is 0.233 e. The Bertz CT molecular complexity index is 612. The summed E-state index contributed by atoms with van der Waals surface area (Å²) in [7, 11) is 0. The van der Waals surface area contributed by atoms with Gasteiger partial charge in [0.1, 0.15) is 0 Å². The van der Waals surface area contributed by atoms with Gasteiger partial charge in [0.05, 0.1) is 6.42 Å². The van der Waals surface area contributed by atoms with E-state index in [1.165, 1.54) is 0 Å². The third-order valence-corrected chi connectivity index (χ3v) is 3.54. The normalized spacial score (nSPS) is 17.6. The number of hydrogen-bond acceptors (Lipinski definition) is 3. The first-order valence-electron chi connectivity index (χ1n) is 6.78. The molecule has 2 N–H and O–H groups in total. The number of hydrogen-bond donors (Lipinski definition) is 1. The lowest BCUT2D eigenvalue weighted by molar-refractivity contribution is -0.118. The molecule has 0 saturated heterocycles. The molecule has 4 heteroatoms. The molecule has 4 nitrogen and oxygen atoms in total. The van der Waals surface area contributed by atoms with Crippen LogP contribution in [0, 0.1) is 0 Å². The Balaban J connectivity index is 1.85. The summed E-state index contributed by atoms with van der Waals surface area (Å²) < 4.78 is 0. The Hall–Kier alpha value is -2.20. The number of nitrogens with two attached hydrogens (primary N) is 1. The van der Waals surface area contributed by atoms with Crippen LogP contribution in [-0.4, -0.2) is 23.5 Å². The fraction of sp³-hybridized carbons (Fsp3) is 0.250. The highest BCUT2D eigenvalue weighted by Crippen LogP contribution is 2.26. The molecule has 1 aromatic carbocycles. The van der Waals surface area contributed by atoms with Crippen LogP contribution in [0.1, 0.15) is 11.3 Å². The van der Waals surface area contributed by atoms with Crippen LogP contribution in [0.3, 0.4) is 0 Å². The molecule has 3 rings (SSSR count). The van der Waals surface area contributed by atoms with Crippen molar-refractivity contribution in [3.05, 3.63) is 59.9 Å². The van der Waals surface area contributed by atoms with Crippen LogP contribution < -0.4 is 10.6 Å². The number of aromatic nitrogens is 1. The molecule has 1 aliphatic rings. The SMILES string of the molecule is NC1Cc2ccccc2N(C(=O)Cc2ccccn2)C1. The number of pyridine rings is 1. The molecule has 0 spiro atoms. The van der Waals surface area contributed by atoms with E-state index in [9.17, 15) is 4.79 Å². The van der Waals surface area contributed by atoms with E-state index in [1.54, 1.807) is 11.1 Å². The van der Waals surface area contributed by atoms with Gasteiger partial charge < -0.3 is 10.6 Å². The van der Waals surface area contributed by atoms with Crippen molar-refractivity contribution in [3.8, 4) is 0 Å². The number of rotatable bonds is 2. The molecule has 1 unspecified atom stereocenters. The van der Waals surface area contributed by atoms with Crippen molar-refractivity contribution in [2.45, 2.75) is 18.9 Å². The Morgan fingerprint density at radius 3 is 2.85 bits per heavy atom. The molecule has 1 atom stereocenters. The van der Waals surface area contributed by atoms with Crippen LogP contribution >= 0.6 is 0 Å². The van der Waals surface area contributed by atoms with Crippen LogP contribution in [0.25, 0.3) is 0 Å². The van der Waals surface area contributed by atoms with Crippen LogP contribution in [0.5, 0.6) is 0 Å². The smallest absolute Gasteiger partial charge is 0.233 e. The second kappa shape index (κ2) is 5.43. The van der Waals surface area contributed by atoms with Crippen LogP contribution in [-0.2, 0) is 17.6 Å². The van der Waals surface area contributed by atoms with Gasteiger partial charge in [0.25, 0.3) is 0 Å². The van der Waals surface area contributed by atoms with Crippen molar-refractivity contribution in [1.29, 1.82) is 0 Å². The minimum atomic E-state index is -0.00224. The largest absolute Gasteiger partial charge is 0.326 e. The molecular formula is C16H17N3O. The van der Waals surface area contributed by atoms with E-state index in [0.29, 0.717) is 13.0 Å². The summed E-state index contributed by atoms with van der Waals surface area (Å²) in [6, 6.07) is 13.6. The van der Waals surface area contributed by atoms with Gasteiger partial charge >= 0.3 is 0 Å². The van der Waals surface area contributed by atoms with Gasteiger partial charge in [-0.3, -0.25) is 9.78 Å². The quantitative estimate of drug-likeness (QED) is 0.898. The highest BCUT2D eigenvalue weighted by atomic mass is 16.2. The number of carbonyl (C=O) groups is 1. The molecule has 0 radical (unpaired) electrons. The van der Waals surface area contributed by atoms with Crippen molar-refractivity contribution in [3.63, 3.8) is 0 Å². The van der Waals surface area contributed by atoms with E-state index >= 15 is 0 Å². The lowest BCUT2D eigenvalue weighted by Gasteiger charge is -2.33. The third-order valence-electron chi connectivity index (χ3n) is 3.54. The Kier molecular flexibility index (Phi) is 3.48. The zero-order valence-electron chi connectivity index (χ0n) is 11.2. The van der Waals surface area contributed by atoms with Gasteiger partial charge in [-0.25, -0.2) is 0 Å². The average Bonchev–Trinajstić information content (AvgIpc) is 2.47. The third kappa shape index (κ3) is 2.56. The summed E-state index contributed by atoms with van der Waals surface area (Å²) in [6.07, 6.45) is 2.84. The molecule has 1 amide bonds. The van der Waals surface area contributed by atoms with Crippen LogP contribution in [0.2, 0.25) is 0 Å². The molecule has 2 heterocycles. The van der Waals surface area contributed by atoms with Gasteiger partial charge in [0.2, 0.25) is 5.91 Å². The van der Waals surface area contributed by atoms with Crippen molar-refractivity contribution in [2.24, 2.45) is 5.73 Å². The number of benzene rings is 1. The number of carbonyl (C=O) groups excluding carboxylic acids is 1. The van der Waals surface area contributed by atoms with E-state index < -0.39 is 0 Å². The summed E-state index contributed by atoms with van der Waals surface area (Å²) in [5.74, 6) is 0.0475. The van der Waals surface area contributed by atoms with Gasteiger partial charge in [0.15, 0.2) is 0 Å². The van der Waals surface area contributed by atoms with Gasteiger partial charge in [-0.05, 0) is 30.2 Å². The number of fused-ring (bicyclic) bond motifs is 1. The molecule has 0 bridgehead atoms. The minimum absolute atomic E-state index is 0.00224. The topological polar surface area (TPSA) is 59.2 Å². The molecule has 0 fully saturated rings. The number of anilines is 1. The van der Waals surface area contributed by atoms with Crippen LogP contribution in [0.15, 0.2) is 48.7 Å². The monoisotopic (exact) mass is 267 g/mol. The summed E-state index contributed by atoms with van der Waals surface area (Å²) in [4.78, 5) is 18.5. The Labute approximate surface area is 118 Å². The van der Waals surface area contributed by atoms with E-state index in [4.69, 9.17) is 5.73 Å². The zero-order valence-corrected chi connectivity index (χ0v) is 11.2. The second-order valence-corrected chi connectivity index (χ2v) is 5.10. The molecule has 2 aromatic rings. The lowest BCUT2D eigenvalue weighted by atomic mass is 9.98. The predicted octanol–water partition coefficient (Wildman–Crippen LogP) is 1.54. The molecule has 1 aliphatic heterocycles. The minimum Gasteiger partial charge on any atom is -0.326 e. The first-order chi connectivity index (χ1) is 9.74. The molecule has 0 saturated carbocycles. The molecule has 102 valence electrons. The van der Waals surface area contributed by atoms with Crippen molar-refractivity contribution in [1.82, 2.24) is 4.98 Å². The van der Waals surface area contributed by atoms with Crippen molar-refractivity contribution in [2.75, 3.05) is 11.4 Å². The standard InChI is InChI=1S/C16H17N3O/c17-13-9-12-5-1-2-7-15(12)19(11-13)16(20)10-14-6-3-4-8-18-14/h1-8,13H,9-11,17H2. The maximum absolute atomic E-state index is 12.5.